The first-order chi connectivity index (χ1) is 14.1. The van der Waals surface area contributed by atoms with Gasteiger partial charge in [0, 0.05) is 18.2 Å². The number of thioether (sulfide) groups is 1. The number of amides is 1. The lowest BCUT2D eigenvalue weighted by molar-refractivity contribution is -0.131. The summed E-state index contributed by atoms with van der Waals surface area (Å²) in [6, 6.07) is 17.6. The van der Waals surface area contributed by atoms with Gasteiger partial charge in [0.25, 0.3) is 5.22 Å². The minimum atomic E-state index is 0.0531. The summed E-state index contributed by atoms with van der Waals surface area (Å²) in [6.07, 6.45) is 0.894. The monoisotopic (exact) mass is 411 g/mol. The largest absolute Gasteiger partial charge is 0.497 e. The quantitative estimate of drug-likeness (QED) is 0.477. The molecule has 0 aliphatic heterocycles. The summed E-state index contributed by atoms with van der Waals surface area (Å²) in [4.78, 5) is 14.8. The van der Waals surface area contributed by atoms with Crippen molar-refractivity contribution in [3.05, 3.63) is 60.2 Å². The summed E-state index contributed by atoms with van der Waals surface area (Å²) in [5, 5.41) is 8.52. The molecular weight excluding hydrogens is 386 g/mol. The molecule has 0 fully saturated rings. The van der Waals surface area contributed by atoms with Crippen molar-refractivity contribution in [2.75, 3.05) is 12.9 Å². The van der Waals surface area contributed by atoms with Crippen LogP contribution in [0.2, 0.25) is 0 Å². The van der Waals surface area contributed by atoms with Gasteiger partial charge in [-0.15, -0.1) is 10.2 Å². The molecule has 1 amide bonds. The summed E-state index contributed by atoms with van der Waals surface area (Å²) in [7, 11) is 1.62. The fourth-order valence-corrected chi connectivity index (χ4v) is 3.46. The number of methoxy groups -OCH3 is 1. The Morgan fingerprint density at radius 1 is 1.14 bits per heavy atom. The van der Waals surface area contributed by atoms with Crippen molar-refractivity contribution in [1.82, 2.24) is 15.1 Å². The smallest absolute Gasteiger partial charge is 0.277 e. The maximum absolute atomic E-state index is 12.9. The van der Waals surface area contributed by atoms with E-state index in [1.807, 2.05) is 59.5 Å². The van der Waals surface area contributed by atoms with Gasteiger partial charge in [0.2, 0.25) is 11.8 Å². The van der Waals surface area contributed by atoms with E-state index in [2.05, 4.69) is 24.0 Å². The summed E-state index contributed by atoms with van der Waals surface area (Å²) in [5.74, 6) is 1.49. The van der Waals surface area contributed by atoms with E-state index in [0.29, 0.717) is 17.7 Å². The van der Waals surface area contributed by atoms with Gasteiger partial charge in [0.1, 0.15) is 5.75 Å². The zero-order valence-corrected chi connectivity index (χ0v) is 17.7. The van der Waals surface area contributed by atoms with Crippen molar-refractivity contribution in [3.8, 4) is 17.2 Å². The van der Waals surface area contributed by atoms with E-state index in [1.165, 1.54) is 11.8 Å². The number of carbonyl (C=O) groups excluding carboxylic acids is 1. The fraction of sp³-hybridized carbons (Fsp3) is 0.318. The highest BCUT2D eigenvalue weighted by Crippen LogP contribution is 2.25. The SMILES string of the molecule is CCC(C)N(Cc1ccccc1)C(=O)CSc1nnc(-c2ccc(OC)cc2)o1. The number of benzene rings is 2. The normalized spacial score (nSPS) is 11.8. The third kappa shape index (κ3) is 5.60. The molecule has 1 aromatic heterocycles. The standard InChI is InChI=1S/C22H25N3O3S/c1-4-16(2)25(14-17-8-6-5-7-9-17)20(26)15-29-22-24-23-21(28-22)18-10-12-19(27-3)13-11-18/h5-13,16H,4,14-15H2,1-3H3. The highest BCUT2D eigenvalue weighted by atomic mass is 32.2. The van der Waals surface area contributed by atoms with Crippen molar-refractivity contribution < 1.29 is 13.9 Å². The van der Waals surface area contributed by atoms with Crippen LogP contribution in [-0.2, 0) is 11.3 Å². The van der Waals surface area contributed by atoms with Crippen LogP contribution in [0.25, 0.3) is 11.5 Å². The van der Waals surface area contributed by atoms with Crippen molar-refractivity contribution in [1.29, 1.82) is 0 Å². The predicted octanol–water partition coefficient (Wildman–Crippen LogP) is 4.66. The number of aromatic nitrogens is 2. The van der Waals surface area contributed by atoms with Gasteiger partial charge in [-0.1, -0.05) is 49.0 Å². The molecule has 1 heterocycles. The van der Waals surface area contributed by atoms with E-state index in [1.54, 1.807) is 7.11 Å². The van der Waals surface area contributed by atoms with E-state index in [-0.39, 0.29) is 17.7 Å². The van der Waals surface area contributed by atoms with E-state index in [0.717, 1.165) is 23.3 Å². The minimum absolute atomic E-state index is 0.0531. The summed E-state index contributed by atoms with van der Waals surface area (Å²) in [6.45, 7) is 4.75. The van der Waals surface area contributed by atoms with Crippen LogP contribution in [0.1, 0.15) is 25.8 Å². The average molecular weight is 412 g/mol. The first kappa shape index (κ1) is 20.9. The Hall–Kier alpha value is -2.80. The minimum Gasteiger partial charge on any atom is -0.497 e. The van der Waals surface area contributed by atoms with Crippen molar-refractivity contribution in [3.63, 3.8) is 0 Å². The van der Waals surface area contributed by atoms with Crippen molar-refractivity contribution >= 4 is 17.7 Å². The van der Waals surface area contributed by atoms with Gasteiger partial charge < -0.3 is 14.1 Å². The van der Waals surface area contributed by atoms with Gasteiger partial charge in [-0.2, -0.15) is 0 Å². The number of rotatable bonds is 9. The molecule has 3 aromatic rings. The summed E-state index contributed by atoms with van der Waals surface area (Å²) < 4.78 is 10.9. The first-order valence-electron chi connectivity index (χ1n) is 9.54. The second kappa shape index (κ2) is 10.1. The Labute approximate surface area is 175 Å². The van der Waals surface area contributed by atoms with Crippen molar-refractivity contribution in [2.45, 2.75) is 38.1 Å². The van der Waals surface area contributed by atoms with Gasteiger partial charge in [0.15, 0.2) is 0 Å². The lowest BCUT2D eigenvalue weighted by Gasteiger charge is -2.28. The van der Waals surface area contributed by atoms with E-state index >= 15 is 0 Å². The third-order valence-corrected chi connectivity index (χ3v) is 5.50. The molecule has 0 saturated carbocycles. The highest BCUT2D eigenvalue weighted by Gasteiger charge is 2.20. The molecule has 0 radical (unpaired) electrons. The zero-order chi connectivity index (χ0) is 20.6. The van der Waals surface area contributed by atoms with Gasteiger partial charge in [-0.05, 0) is 43.2 Å². The molecule has 152 valence electrons. The average Bonchev–Trinajstić information content (AvgIpc) is 3.25. The van der Waals surface area contributed by atoms with Gasteiger partial charge in [0.05, 0.1) is 12.9 Å². The van der Waals surface area contributed by atoms with Crippen LogP contribution in [-0.4, -0.2) is 39.9 Å². The number of nitrogens with zero attached hydrogens (tertiary/aromatic N) is 3. The molecule has 0 spiro atoms. The van der Waals surface area contributed by atoms with E-state index in [4.69, 9.17) is 9.15 Å². The third-order valence-electron chi connectivity index (χ3n) is 4.70. The molecule has 6 nitrogen and oxygen atoms in total. The zero-order valence-electron chi connectivity index (χ0n) is 16.9. The number of hydrogen-bond donors (Lipinski definition) is 0. The molecule has 29 heavy (non-hydrogen) atoms. The van der Waals surface area contributed by atoms with Crippen LogP contribution >= 0.6 is 11.8 Å². The first-order valence-corrected chi connectivity index (χ1v) is 10.5. The molecule has 1 unspecified atom stereocenters. The molecule has 7 heteroatoms. The fourth-order valence-electron chi connectivity index (χ4n) is 2.82. The van der Waals surface area contributed by atoms with Crippen molar-refractivity contribution in [2.24, 2.45) is 0 Å². The Bertz CT molecular complexity index is 913. The second-order valence-electron chi connectivity index (χ2n) is 6.65. The Morgan fingerprint density at radius 3 is 2.52 bits per heavy atom. The molecule has 3 rings (SSSR count). The number of hydrogen-bond acceptors (Lipinski definition) is 6. The van der Waals surface area contributed by atoms with Gasteiger partial charge in [-0.3, -0.25) is 4.79 Å². The van der Waals surface area contributed by atoms with Crippen LogP contribution < -0.4 is 4.74 Å². The second-order valence-corrected chi connectivity index (χ2v) is 7.58. The highest BCUT2D eigenvalue weighted by molar-refractivity contribution is 7.99. The van der Waals surface area contributed by atoms with E-state index < -0.39 is 0 Å². The molecule has 0 saturated heterocycles. The molecule has 0 bridgehead atoms. The molecule has 1 atom stereocenters. The van der Waals surface area contributed by atoms with Crippen LogP contribution in [0.5, 0.6) is 5.75 Å². The Kier molecular flexibility index (Phi) is 7.30. The van der Waals surface area contributed by atoms with E-state index in [9.17, 15) is 4.79 Å². The lowest BCUT2D eigenvalue weighted by Crippen LogP contribution is -2.38. The molecular formula is C22H25N3O3S. The molecule has 0 N–H and O–H groups in total. The summed E-state index contributed by atoms with van der Waals surface area (Å²) in [5.41, 5.74) is 1.92. The molecule has 2 aromatic carbocycles. The van der Waals surface area contributed by atoms with Crippen LogP contribution in [0.3, 0.4) is 0 Å². The van der Waals surface area contributed by atoms with Gasteiger partial charge in [-0.25, -0.2) is 0 Å². The van der Waals surface area contributed by atoms with Gasteiger partial charge >= 0.3 is 0 Å². The predicted molar refractivity (Wildman–Crippen MR) is 114 cm³/mol. The van der Waals surface area contributed by atoms with Crippen LogP contribution in [0.4, 0.5) is 0 Å². The topological polar surface area (TPSA) is 68.5 Å². The van der Waals surface area contributed by atoms with Crippen LogP contribution in [0.15, 0.2) is 64.2 Å². The molecule has 0 aliphatic rings. The number of ether oxygens (including phenoxy) is 1. The van der Waals surface area contributed by atoms with Crippen LogP contribution in [0, 0.1) is 0 Å². The maximum atomic E-state index is 12.9. The lowest BCUT2D eigenvalue weighted by atomic mass is 10.1. The molecule has 0 aliphatic carbocycles. The Morgan fingerprint density at radius 2 is 1.86 bits per heavy atom. The summed E-state index contributed by atoms with van der Waals surface area (Å²) >= 11 is 1.26. The maximum Gasteiger partial charge on any atom is 0.277 e. The number of carbonyl (C=O) groups is 1. The Balaban J connectivity index is 1.62.